The Labute approximate surface area is 214 Å². The molecule has 0 radical (unpaired) electrons. The van der Waals surface area contributed by atoms with E-state index in [2.05, 4.69) is 25.4 Å². The fraction of sp³-hybridized carbons (Fsp3) is 0.208. The monoisotopic (exact) mass is 543 g/mol. The molecule has 0 saturated carbocycles. The van der Waals surface area contributed by atoms with E-state index in [0.717, 1.165) is 16.1 Å². The van der Waals surface area contributed by atoms with Crippen molar-refractivity contribution in [3.05, 3.63) is 71.7 Å². The molecule has 5 aromatic rings. The summed E-state index contributed by atoms with van der Waals surface area (Å²) in [5.41, 5.74) is -0.158. The molecule has 0 fully saturated rings. The molecule has 1 aromatic carbocycles. The van der Waals surface area contributed by atoms with Gasteiger partial charge in [0.05, 0.1) is 11.3 Å². The van der Waals surface area contributed by atoms with Gasteiger partial charge in [0, 0.05) is 26.0 Å². The minimum absolute atomic E-state index is 0.00108. The van der Waals surface area contributed by atoms with Gasteiger partial charge in [-0.05, 0) is 17.7 Å². The van der Waals surface area contributed by atoms with Gasteiger partial charge in [-0.1, -0.05) is 37.3 Å². The highest BCUT2D eigenvalue weighted by Crippen LogP contribution is 2.35. The van der Waals surface area contributed by atoms with Crippen molar-refractivity contribution >= 4 is 32.6 Å². The molecule has 4 heterocycles. The van der Waals surface area contributed by atoms with E-state index in [1.54, 1.807) is 0 Å². The average molecular weight is 544 g/mol. The van der Waals surface area contributed by atoms with Crippen LogP contribution in [0.25, 0.3) is 28.2 Å². The first-order chi connectivity index (χ1) is 18.0. The zero-order valence-corrected chi connectivity index (χ0v) is 20.9. The number of amides is 1. The summed E-state index contributed by atoms with van der Waals surface area (Å²) in [5.74, 6) is -0.861. The van der Waals surface area contributed by atoms with Gasteiger partial charge in [-0.2, -0.15) is 18.3 Å². The summed E-state index contributed by atoms with van der Waals surface area (Å²) in [5, 5.41) is 6.60. The molecule has 5 rings (SSSR count). The number of hydrogen-bond acceptors (Lipinski definition) is 7. The van der Waals surface area contributed by atoms with Crippen molar-refractivity contribution in [3.63, 3.8) is 0 Å². The van der Waals surface area contributed by atoms with E-state index in [1.165, 1.54) is 30.8 Å². The van der Waals surface area contributed by atoms with Gasteiger partial charge in [-0.15, -0.1) is 0 Å². The first kappa shape index (κ1) is 25.3. The minimum Gasteiger partial charge on any atom is -0.347 e. The van der Waals surface area contributed by atoms with Gasteiger partial charge in [0.2, 0.25) is 0 Å². The number of halogens is 3. The van der Waals surface area contributed by atoms with Crippen LogP contribution in [0.4, 0.5) is 13.2 Å². The quantitative estimate of drug-likeness (QED) is 0.348. The number of alkyl halides is 3. The number of fused-ring (bicyclic) bond motifs is 2. The summed E-state index contributed by atoms with van der Waals surface area (Å²) in [7, 11) is -2.49. The molecule has 196 valence electrons. The van der Waals surface area contributed by atoms with E-state index in [-0.39, 0.29) is 46.2 Å². The highest BCUT2D eigenvalue weighted by atomic mass is 32.2. The van der Waals surface area contributed by atoms with E-state index in [1.807, 2.05) is 30.3 Å². The van der Waals surface area contributed by atoms with Crippen LogP contribution < -0.4 is 5.32 Å². The molecule has 38 heavy (non-hydrogen) atoms. The van der Waals surface area contributed by atoms with Crippen LogP contribution in [0, 0.1) is 0 Å². The van der Waals surface area contributed by atoms with Crippen molar-refractivity contribution < 1.29 is 26.4 Å². The molecule has 14 heteroatoms. The number of carbonyl (C=O) groups excluding carboxylic acids is 1. The lowest BCUT2D eigenvalue weighted by Gasteiger charge is -2.07. The normalized spacial score (nSPS) is 12.3. The van der Waals surface area contributed by atoms with E-state index < -0.39 is 32.5 Å². The number of nitrogens with one attached hydrogen (secondary N) is 1. The Kier molecular flexibility index (Phi) is 6.13. The number of imidazole rings is 1. The molecule has 0 bridgehead atoms. The minimum atomic E-state index is -4.64. The van der Waals surface area contributed by atoms with E-state index in [4.69, 9.17) is 0 Å². The Bertz CT molecular complexity index is 1800. The lowest BCUT2D eigenvalue weighted by atomic mass is 10.2. The third kappa shape index (κ3) is 4.36. The number of benzene rings is 1. The van der Waals surface area contributed by atoms with Crippen molar-refractivity contribution in [1.29, 1.82) is 0 Å². The van der Waals surface area contributed by atoms with Gasteiger partial charge in [-0.3, -0.25) is 4.79 Å². The van der Waals surface area contributed by atoms with Crippen LogP contribution in [0.15, 0.2) is 59.9 Å². The number of aromatic nitrogens is 6. The summed E-state index contributed by atoms with van der Waals surface area (Å²) in [4.78, 5) is 25.5. The SMILES string of the molecule is CCS(=O)(=O)c1nn2c(C(=O)NCc3ccccc3)ccnc2c1-c1nc2cc(C(F)(F)F)cnc2n1C. The number of sulfone groups is 1. The van der Waals surface area contributed by atoms with Crippen LogP contribution in [-0.4, -0.2) is 49.2 Å². The molecule has 0 aliphatic rings. The third-order valence-corrected chi connectivity index (χ3v) is 7.58. The molecule has 1 N–H and O–H groups in total. The smallest absolute Gasteiger partial charge is 0.347 e. The summed E-state index contributed by atoms with van der Waals surface area (Å²) >= 11 is 0. The second-order valence-corrected chi connectivity index (χ2v) is 10.6. The predicted octanol–water partition coefficient (Wildman–Crippen LogP) is 3.42. The first-order valence-electron chi connectivity index (χ1n) is 11.3. The largest absolute Gasteiger partial charge is 0.417 e. The maximum atomic E-state index is 13.2. The second-order valence-electron chi connectivity index (χ2n) is 8.38. The Balaban J connectivity index is 1.69. The number of hydrogen-bond donors (Lipinski definition) is 1. The molecule has 10 nitrogen and oxygen atoms in total. The molecule has 1 amide bonds. The van der Waals surface area contributed by atoms with Crippen molar-refractivity contribution in [2.24, 2.45) is 7.05 Å². The summed E-state index contributed by atoms with van der Waals surface area (Å²) in [6.45, 7) is 1.64. The van der Waals surface area contributed by atoms with Gasteiger partial charge < -0.3 is 9.88 Å². The number of nitrogens with zero attached hydrogens (tertiary/aromatic N) is 6. The lowest BCUT2D eigenvalue weighted by molar-refractivity contribution is -0.137. The molecular weight excluding hydrogens is 523 g/mol. The lowest BCUT2D eigenvalue weighted by Crippen LogP contribution is -2.25. The van der Waals surface area contributed by atoms with Crippen molar-refractivity contribution in [1.82, 2.24) is 34.4 Å². The molecule has 0 aliphatic heterocycles. The maximum absolute atomic E-state index is 13.2. The van der Waals surface area contributed by atoms with Gasteiger partial charge >= 0.3 is 6.18 Å². The molecule has 0 saturated heterocycles. The van der Waals surface area contributed by atoms with E-state index in [0.29, 0.717) is 6.20 Å². The molecule has 0 aliphatic carbocycles. The summed E-state index contributed by atoms with van der Waals surface area (Å²) in [6, 6.07) is 11.4. The Morgan fingerprint density at radius 2 is 1.82 bits per heavy atom. The average Bonchev–Trinajstić information content (AvgIpc) is 3.45. The second kappa shape index (κ2) is 9.20. The van der Waals surface area contributed by atoms with Crippen LogP contribution in [0.5, 0.6) is 0 Å². The van der Waals surface area contributed by atoms with E-state index in [9.17, 15) is 26.4 Å². The van der Waals surface area contributed by atoms with Crippen LogP contribution in [0.3, 0.4) is 0 Å². The summed E-state index contributed by atoms with van der Waals surface area (Å²) in [6.07, 6.45) is -2.63. The molecule has 4 aromatic heterocycles. The van der Waals surface area contributed by atoms with E-state index >= 15 is 0 Å². The third-order valence-electron chi connectivity index (χ3n) is 5.95. The summed E-state index contributed by atoms with van der Waals surface area (Å²) < 4.78 is 68.3. The Morgan fingerprint density at radius 3 is 2.50 bits per heavy atom. The van der Waals surface area contributed by atoms with Gasteiger partial charge in [-0.25, -0.2) is 27.9 Å². The predicted molar refractivity (Wildman–Crippen MR) is 131 cm³/mol. The maximum Gasteiger partial charge on any atom is 0.417 e. The number of pyridine rings is 1. The van der Waals surface area contributed by atoms with Crippen LogP contribution >= 0.6 is 0 Å². The van der Waals surface area contributed by atoms with Crippen molar-refractivity contribution in [3.8, 4) is 11.4 Å². The molecule has 0 atom stereocenters. The van der Waals surface area contributed by atoms with Gasteiger partial charge in [0.15, 0.2) is 26.2 Å². The van der Waals surface area contributed by atoms with Crippen molar-refractivity contribution in [2.75, 3.05) is 5.75 Å². The topological polar surface area (TPSA) is 124 Å². The fourth-order valence-electron chi connectivity index (χ4n) is 3.97. The standard InChI is InChI=1S/C24H20F3N7O3S/c1-3-38(36,37)23-18(21-31-16-11-15(24(25,26)27)13-29-19(16)33(21)2)20-28-10-9-17(34(20)32-23)22(35)30-12-14-7-5-4-6-8-14/h4-11,13H,3,12H2,1-2H3,(H,30,35). The first-order valence-corrected chi connectivity index (χ1v) is 13.0. The molecule has 0 unspecified atom stereocenters. The van der Waals surface area contributed by atoms with Gasteiger partial charge in [0.25, 0.3) is 5.91 Å². The highest BCUT2D eigenvalue weighted by Gasteiger charge is 2.33. The van der Waals surface area contributed by atoms with Crippen LogP contribution in [-0.2, 0) is 29.6 Å². The number of aryl methyl sites for hydroxylation is 1. The Hall–Kier alpha value is -4.33. The zero-order valence-electron chi connectivity index (χ0n) is 20.1. The van der Waals surface area contributed by atoms with Crippen LogP contribution in [0.1, 0.15) is 28.5 Å². The highest BCUT2D eigenvalue weighted by molar-refractivity contribution is 7.91. The molecular formula is C24H20F3N7O3S. The molecule has 0 spiro atoms. The number of rotatable bonds is 6. The fourth-order valence-corrected chi connectivity index (χ4v) is 4.94. The zero-order chi connectivity index (χ0) is 27.2. The van der Waals surface area contributed by atoms with Gasteiger partial charge in [0.1, 0.15) is 22.6 Å². The Morgan fingerprint density at radius 1 is 1.08 bits per heavy atom. The van der Waals surface area contributed by atoms with Crippen LogP contribution in [0.2, 0.25) is 0 Å². The number of carbonyl (C=O) groups is 1. The van der Waals surface area contributed by atoms with Crippen molar-refractivity contribution in [2.45, 2.75) is 24.7 Å².